The van der Waals surface area contributed by atoms with E-state index in [0.29, 0.717) is 16.9 Å². The molecule has 0 unspecified atom stereocenters. The van der Waals surface area contributed by atoms with Gasteiger partial charge in [0.05, 0.1) is 23.9 Å². The van der Waals surface area contributed by atoms with Crippen molar-refractivity contribution in [2.24, 2.45) is 4.99 Å². The van der Waals surface area contributed by atoms with Gasteiger partial charge in [0.1, 0.15) is 11.3 Å². The summed E-state index contributed by atoms with van der Waals surface area (Å²) in [7, 11) is 1.61. The molecule has 0 saturated heterocycles. The van der Waals surface area contributed by atoms with Crippen molar-refractivity contribution in [2.45, 2.75) is 6.54 Å². The Morgan fingerprint density at radius 2 is 2.15 bits per heavy atom. The molecule has 5 nitrogen and oxygen atoms in total. The minimum Gasteiger partial charge on any atom is -0.497 e. The molecule has 128 valence electrons. The van der Waals surface area contributed by atoms with Crippen LogP contribution in [0.3, 0.4) is 0 Å². The maximum atomic E-state index is 12.6. The van der Waals surface area contributed by atoms with Gasteiger partial charge in [0.15, 0.2) is 10.6 Å². The summed E-state index contributed by atoms with van der Waals surface area (Å²) in [5.74, 6) is 3.11. The maximum Gasteiger partial charge on any atom is 0.315 e. The van der Waals surface area contributed by atoms with Crippen LogP contribution < -0.4 is 9.54 Å². The highest BCUT2D eigenvalue weighted by molar-refractivity contribution is 7.16. The topological polar surface area (TPSA) is 56.7 Å². The number of terminal acetylenes is 1. The number of carbonyl (C=O) groups is 1. The minimum atomic E-state index is -0.439. The second-order valence-electron chi connectivity index (χ2n) is 5.57. The first-order valence-electron chi connectivity index (χ1n) is 7.88. The Hall–Kier alpha value is -3.30. The van der Waals surface area contributed by atoms with E-state index in [2.05, 4.69) is 10.9 Å². The lowest BCUT2D eigenvalue weighted by molar-refractivity contribution is 0.0973. The number of thiazole rings is 1. The zero-order valence-electron chi connectivity index (χ0n) is 13.9. The van der Waals surface area contributed by atoms with E-state index in [1.807, 2.05) is 47.0 Å². The third-order valence-corrected chi connectivity index (χ3v) is 5.01. The monoisotopic (exact) mass is 362 g/mol. The van der Waals surface area contributed by atoms with Crippen molar-refractivity contribution in [3.63, 3.8) is 0 Å². The number of amides is 1. The van der Waals surface area contributed by atoms with Crippen molar-refractivity contribution in [1.82, 2.24) is 4.57 Å². The van der Waals surface area contributed by atoms with Gasteiger partial charge >= 0.3 is 5.91 Å². The normalized spacial score (nSPS) is 11.8. The number of methoxy groups -OCH3 is 1. The fourth-order valence-corrected chi connectivity index (χ4v) is 3.80. The quantitative estimate of drug-likeness (QED) is 0.521. The van der Waals surface area contributed by atoms with Crippen LogP contribution in [0.2, 0.25) is 0 Å². The number of hydrogen-bond donors (Lipinski definition) is 0. The van der Waals surface area contributed by atoms with Crippen LogP contribution in [-0.2, 0) is 6.54 Å². The summed E-state index contributed by atoms with van der Waals surface area (Å²) in [6.45, 7) is 0.318. The summed E-state index contributed by atoms with van der Waals surface area (Å²) in [6.07, 6.45) is 5.49. The molecule has 0 fully saturated rings. The number of carbonyl (C=O) groups excluding carboxylic acids is 1. The highest BCUT2D eigenvalue weighted by atomic mass is 32.1. The van der Waals surface area contributed by atoms with Crippen molar-refractivity contribution in [2.75, 3.05) is 7.11 Å². The van der Waals surface area contributed by atoms with E-state index in [-0.39, 0.29) is 5.76 Å². The van der Waals surface area contributed by atoms with E-state index < -0.39 is 5.91 Å². The number of fused-ring (bicyclic) bond motifs is 2. The van der Waals surface area contributed by atoms with E-state index in [1.54, 1.807) is 13.2 Å². The lowest BCUT2D eigenvalue weighted by Crippen LogP contribution is -2.16. The smallest absolute Gasteiger partial charge is 0.315 e. The fourth-order valence-electron chi connectivity index (χ4n) is 2.74. The molecule has 1 amide bonds. The third-order valence-electron chi connectivity index (χ3n) is 3.97. The molecule has 6 heteroatoms. The van der Waals surface area contributed by atoms with Crippen LogP contribution in [0, 0.1) is 12.3 Å². The van der Waals surface area contributed by atoms with Crippen LogP contribution in [-0.4, -0.2) is 17.6 Å². The Kier molecular flexibility index (Phi) is 4.07. The molecule has 4 rings (SSSR count). The molecular formula is C20H14N2O3S. The Labute approximate surface area is 153 Å². The summed E-state index contributed by atoms with van der Waals surface area (Å²) in [4.78, 5) is 17.4. The number of ether oxygens (including phenoxy) is 1. The molecule has 0 spiro atoms. The van der Waals surface area contributed by atoms with Crippen molar-refractivity contribution >= 4 is 38.4 Å². The molecule has 0 N–H and O–H groups in total. The first-order valence-corrected chi connectivity index (χ1v) is 8.70. The first kappa shape index (κ1) is 16.2. The molecule has 0 aliphatic rings. The number of benzene rings is 2. The second-order valence-corrected chi connectivity index (χ2v) is 6.58. The van der Waals surface area contributed by atoms with E-state index >= 15 is 0 Å². The van der Waals surface area contributed by atoms with Crippen molar-refractivity contribution in [3.05, 3.63) is 59.1 Å². The molecule has 2 heterocycles. The number of aromatic nitrogens is 1. The Morgan fingerprint density at radius 3 is 2.92 bits per heavy atom. The van der Waals surface area contributed by atoms with Crippen LogP contribution in [0.1, 0.15) is 10.6 Å². The van der Waals surface area contributed by atoms with Crippen LogP contribution in [0.15, 0.2) is 57.9 Å². The van der Waals surface area contributed by atoms with Gasteiger partial charge in [-0.1, -0.05) is 35.5 Å². The van der Waals surface area contributed by atoms with Crippen LogP contribution in [0.4, 0.5) is 0 Å². The standard InChI is InChI=1S/C20H14N2O3S/c1-3-10-22-15-9-8-14(24-2)12-18(15)26-20(22)21-19(23)17-11-13-6-4-5-7-16(13)25-17/h1,4-9,11-12H,10H2,2H3. The average Bonchev–Trinajstić information content (AvgIpc) is 3.23. The summed E-state index contributed by atoms with van der Waals surface area (Å²) >= 11 is 1.38. The lowest BCUT2D eigenvalue weighted by Gasteiger charge is -2.01. The van der Waals surface area contributed by atoms with Gasteiger partial charge in [-0.3, -0.25) is 4.79 Å². The van der Waals surface area contributed by atoms with Gasteiger partial charge in [0, 0.05) is 5.39 Å². The largest absolute Gasteiger partial charge is 0.497 e. The zero-order valence-corrected chi connectivity index (χ0v) is 14.7. The van der Waals surface area contributed by atoms with E-state index in [4.69, 9.17) is 15.6 Å². The molecule has 26 heavy (non-hydrogen) atoms. The third kappa shape index (κ3) is 2.79. The van der Waals surface area contributed by atoms with Crippen molar-refractivity contribution < 1.29 is 13.9 Å². The van der Waals surface area contributed by atoms with Crippen molar-refractivity contribution in [3.8, 4) is 18.1 Å². The van der Waals surface area contributed by atoms with Gasteiger partial charge in [0.2, 0.25) is 0 Å². The van der Waals surface area contributed by atoms with Crippen molar-refractivity contribution in [1.29, 1.82) is 0 Å². The van der Waals surface area contributed by atoms with Gasteiger partial charge in [-0.25, -0.2) is 0 Å². The van der Waals surface area contributed by atoms with E-state index in [0.717, 1.165) is 21.4 Å². The molecule has 0 aliphatic carbocycles. The Morgan fingerprint density at radius 1 is 1.31 bits per heavy atom. The molecule has 2 aromatic heterocycles. The number of para-hydroxylation sites is 1. The molecule has 2 aromatic carbocycles. The van der Waals surface area contributed by atoms with E-state index in [9.17, 15) is 4.79 Å². The maximum absolute atomic E-state index is 12.6. The summed E-state index contributed by atoms with van der Waals surface area (Å²) in [5, 5.41) is 0.864. The summed E-state index contributed by atoms with van der Waals surface area (Å²) in [6, 6.07) is 14.8. The van der Waals surface area contributed by atoms with Crippen LogP contribution >= 0.6 is 11.3 Å². The van der Waals surface area contributed by atoms with Gasteiger partial charge in [-0.15, -0.1) is 6.42 Å². The fraction of sp³-hybridized carbons (Fsp3) is 0.100. The van der Waals surface area contributed by atoms with Gasteiger partial charge in [-0.2, -0.15) is 4.99 Å². The summed E-state index contributed by atoms with van der Waals surface area (Å²) in [5.41, 5.74) is 1.56. The molecule has 0 radical (unpaired) electrons. The predicted molar refractivity (Wildman–Crippen MR) is 101 cm³/mol. The molecule has 0 saturated carbocycles. The highest BCUT2D eigenvalue weighted by Gasteiger charge is 2.13. The van der Waals surface area contributed by atoms with Gasteiger partial charge in [-0.05, 0) is 30.3 Å². The van der Waals surface area contributed by atoms with E-state index in [1.165, 1.54) is 11.3 Å². The number of furan rings is 1. The molecule has 0 bridgehead atoms. The molecule has 0 aliphatic heterocycles. The molecule has 0 atom stereocenters. The Balaban J connectivity index is 1.84. The minimum absolute atomic E-state index is 0.202. The SMILES string of the molecule is C#CCn1c(=NC(=O)c2cc3ccccc3o2)sc2cc(OC)ccc21. The number of nitrogens with zero attached hydrogens (tertiary/aromatic N) is 2. The zero-order chi connectivity index (χ0) is 18.1. The summed E-state index contributed by atoms with van der Waals surface area (Å²) < 4.78 is 13.6. The lowest BCUT2D eigenvalue weighted by atomic mass is 10.2. The average molecular weight is 362 g/mol. The molecular weight excluding hydrogens is 348 g/mol. The molecule has 4 aromatic rings. The van der Waals surface area contributed by atoms with Crippen LogP contribution in [0.5, 0.6) is 5.75 Å². The second kappa shape index (κ2) is 6.54. The Bertz CT molecular complexity index is 1200. The number of hydrogen-bond acceptors (Lipinski definition) is 4. The highest BCUT2D eigenvalue weighted by Crippen LogP contribution is 2.23. The predicted octanol–water partition coefficient (Wildman–Crippen LogP) is 3.83. The van der Waals surface area contributed by atoms with Gasteiger partial charge in [0.25, 0.3) is 0 Å². The number of rotatable bonds is 3. The van der Waals surface area contributed by atoms with Crippen LogP contribution in [0.25, 0.3) is 21.2 Å². The first-order chi connectivity index (χ1) is 12.7. The van der Waals surface area contributed by atoms with Gasteiger partial charge < -0.3 is 13.7 Å².